The lowest BCUT2D eigenvalue weighted by Gasteiger charge is -2.21. The molecule has 0 bridgehead atoms. The predicted octanol–water partition coefficient (Wildman–Crippen LogP) is 3.13. The first-order chi connectivity index (χ1) is 10.3. The lowest BCUT2D eigenvalue weighted by atomic mass is 10.1. The van der Waals surface area contributed by atoms with Crippen molar-refractivity contribution < 1.29 is 13.3 Å². The van der Waals surface area contributed by atoms with Gasteiger partial charge in [-0.2, -0.15) is 0 Å². The van der Waals surface area contributed by atoms with Gasteiger partial charge in [-0.1, -0.05) is 13.8 Å². The highest BCUT2D eigenvalue weighted by atomic mass is 32.2. The van der Waals surface area contributed by atoms with Crippen molar-refractivity contribution in [3.05, 3.63) is 28.3 Å². The summed E-state index contributed by atoms with van der Waals surface area (Å²) in [6.07, 6.45) is 0. The van der Waals surface area contributed by atoms with Gasteiger partial charge < -0.3 is 5.32 Å². The maximum atomic E-state index is 12.3. The van der Waals surface area contributed by atoms with Gasteiger partial charge in [0.2, 0.25) is 10.0 Å². The van der Waals surface area contributed by atoms with Gasteiger partial charge in [-0.05, 0) is 45.7 Å². The minimum Gasteiger partial charge on any atom is -0.377 e. The second-order valence-electron chi connectivity index (χ2n) is 6.97. The molecule has 23 heavy (non-hydrogen) atoms. The zero-order valence-electron chi connectivity index (χ0n) is 14.4. The first-order valence-electron chi connectivity index (χ1n) is 7.42. The fourth-order valence-corrected chi connectivity index (χ4v) is 3.26. The van der Waals surface area contributed by atoms with Crippen LogP contribution in [0.25, 0.3) is 0 Å². The molecule has 0 saturated heterocycles. The zero-order chi connectivity index (χ0) is 18.0. The number of sulfonamides is 1. The van der Waals surface area contributed by atoms with Gasteiger partial charge >= 0.3 is 0 Å². The third kappa shape index (κ3) is 5.47. The molecule has 0 radical (unpaired) electrons. The summed E-state index contributed by atoms with van der Waals surface area (Å²) in [5, 5.41) is 14.3. The molecule has 0 aliphatic heterocycles. The number of hydrogen-bond acceptors (Lipinski definition) is 5. The lowest BCUT2D eigenvalue weighted by molar-refractivity contribution is -0.384. The van der Waals surface area contributed by atoms with Crippen LogP contribution >= 0.6 is 0 Å². The number of nitrogens with one attached hydrogen (secondary N) is 2. The standard InChI is InChI=1S/C15H25N3O4S/c1-10(2)11(3)16-13-8-7-12(9-14(13)18(19)20)23(21,22)17-15(4,5)6/h7-11,16-17H,1-6H3/t11-/m1/s1. The molecular formula is C15H25N3O4S. The van der Waals surface area contributed by atoms with E-state index in [-0.39, 0.29) is 22.5 Å². The van der Waals surface area contributed by atoms with Crippen LogP contribution in [0, 0.1) is 16.0 Å². The number of benzene rings is 1. The highest BCUT2D eigenvalue weighted by Gasteiger charge is 2.26. The largest absolute Gasteiger partial charge is 0.377 e. The first kappa shape index (κ1) is 19.4. The summed E-state index contributed by atoms with van der Waals surface area (Å²) < 4.78 is 27.1. The normalized spacial score (nSPS) is 13.9. The third-order valence-electron chi connectivity index (χ3n) is 3.30. The molecule has 1 atom stereocenters. The quantitative estimate of drug-likeness (QED) is 0.610. The van der Waals surface area contributed by atoms with Crippen molar-refractivity contribution in [2.45, 2.75) is 58.0 Å². The van der Waals surface area contributed by atoms with Crippen molar-refractivity contribution in [2.24, 2.45) is 5.92 Å². The van der Waals surface area contributed by atoms with Gasteiger partial charge in [0, 0.05) is 17.6 Å². The Bertz CT molecular complexity index is 678. The zero-order valence-corrected chi connectivity index (χ0v) is 15.2. The Balaban J connectivity index is 3.26. The van der Waals surface area contributed by atoms with E-state index in [0.717, 1.165) is 6.07 Å². The molecule has 2 N–H and O–H groups in total. The summed E-state index contributed by atoms with van der Waals surface area (Å²) in [5.74, 6) is 0.278. The van der Waals surface area contributed by atoms with Crippen molar-refractivity contribution >= 4 is 21.4 Å². The smallest absolute Gasteiger partial charge is 0.293 e. The summed E-state index contributed by atoms with van der Waals surface area (Å²) in [5.41, 5.74) is -0.614. The number of hydrogen-bond donors (Lipinski definition) is 2. The van der Waals surface area contributed by atoms with Gasteiger partial charge in [0.1, 0.15) is 5.69 Å². The van der Waals surface area contributed by atoms with E-state index in [1.165, 1.54) is 12.1 Å². The van der Waals surface area contributed by atoms with E-state index in [2.05, 4.69) is 10.0 Å². The van der Waals surface area contributed by atoms with Gasteiger partial charge in [0.05, 0.1) is 9.82 Å². The van der Waals surface area contributed by atoms with E-state index in [9.17, 15) is 18.5 Å². The highest BCUT2D eigenvalue weighted by Crippen LogP contribution is 2.29. The molecule has 8 heteroatoms. The Kier molecular flexibility index (Phi) is 5.76. The highest BCUT2D eigenvalue weighted by molar-refractivity contribution is 7.89. The van der Waals surface area contributed by atoms with Crippen LogP contribution < -0.4 is 10.0 Å². The van der Waals surface area contributed by atoms with Gasteiger partial charge in [-0.3, -0.25) is 10.1 Å². The van der Waals surface area contributed by atoms with Crippen molar-refractivity contribution in [1.82, 2.24) is 4.72 Å². The molecule has 0 aliphatic rings. The maximum Gasteiger partial charge on any atom is 0.293 e. The molecule has 0 aromatic heterocycles. The molecule has 1 aromatic rings. The van der Waals surface area contributed by atoms with Crippen LogP contribution in [0.1, 0.15) is 41.5 Å². The average Bonchev–Trinajstić information content (AvgIpc) is 2.35. The molecule has 0 saturated carbocycles. The Hall–Kier alpha value is -1.67. The third-order valence-corrected chi connectivity index (χ3v) is 5.06. The number of nitro benzene ring substituents is 1. The van der Waals surface area contributed by atoms with Crippen LogP contribution in [0.5, 0.6) is 0 Å². The molecule has 0 heterocycles. The molecule has 1 aromatic carbocycles. The van der Waals surface area contributed by atoms with Gasteiger partial charge in [0.25, 0.3) is 5.69 Å². The molecule has 1 rings (SSSR count). The number of anilines is 1. The van der Waals surface area contributed by atoms with E-state index >= 15 is 0 Å². The average molecular weight is 343 g/mol. The summed E-state index contributed by atoms with van der Waals surface area (Å²) in [6, 6.07) is 3.91. The molecule has 7 nitrogen and oxygen atoms in total. The van der Waals surface area contributed by atoms with Crippen LogP contribution in [0.3, 0.4) is 0 Å². The van der Waals surface area contributed by atoms with E-state index in [1.807, 2.05) is 20.8 Å². The molecule has 0 spiro atoms. The topological polar surface area (TPSA) is 101 Å². The molecule has 130 valence electrons. The summed E-state index contributed by atoms with van der Waals surface area (Å²) >= 11 is 0. The minimum absolute atomic E-state index is 0.0175. The predicted molar refractivity (Wildman–Crippen MR) is 91.1 cm³/mol. The molecule has 0 unspecified atom stereocenters. The van der Waals surface area contributed by atoms with Crippen LogP contribution in [0.15, 0.2) is 23.1 Å². The Morgan fingerprint density at radius 2 is 1.74 bits per heavy atom. The van der Waals surface area contributed by atoms with E-state index in [4.69, 9.17) is 0 Å². The van der Waals surface area contributed by atoms with Gasteiger partial charge in [-0.25, -0.2) is 13.1 Å². The van der Waals surface area contributed by atoms with E-state index < -0.39 is 20.5 Å². The van der Waals surface area contributed by atoms with Crippen LogP contribution in [0.2, 0.25) is 0 Å². The molecular weight excluding hydrogens is 318 g/mol. The maximum absolute atomic E-state index is 12.3. The Morgan fingerprint density at radius 1 is 1.17 bits per heavy atom. The lowest BCUT2D eigenvalue weighted by Crippen LogP contribution is -2.40. The van der Waals surface area contributed by atoms with Crippen LogP contribution in [0.4, 0.5) is 11.4 Å². The fraction of sp³-hybridized carbons (Fsp3) is 0.600. The van der Waals surface area contributed by atoms with E-state index in [1.54, 1.807) is 20.8 Å². The molecule has 0 amide bonds. The first-order valence-corrected chi connectivity index (χ1v) is 8.91. The van der Waals surface area contributed by atoms with Gasteiger partial charge in [0.15, 0.2) is 0 Å². The Morgan fingerprint density at radius 3 is 2.17 bits per heavy atom. The van der Waals surface area contributed by atoms with Gasteiger partial charge in [-0.15, -0.1) is 0 Å². The second kappa shape index (κ2) is 6.84. The van der Waals surface area contributed by atoms with Crippen molar-refractivity contribution in [2.75, 3.05) is 5.32 Å². The summed E-state index contributed by atoms with van der Waals surface area (Å²) in [4.78, 5) is 10.6. The summed E-state index contributed by atoms with van der Waals surface area (Å²) in [6.45, 7) is 11.0. The van der Waals surface area contributed by atoms with Crippen molar-refractivity contribution in [3.63, 3.8) is 0 Å². The van der Waals surface area contributed by atoms with Crippen molar-refractivity contribution in [1.29, 1.82) is 0 Å². The number of rotatable bonds is 6. The van der Waals surface area contributed by atoms with Crippen LogP contribution in [-0.2, 0) is 10.0 Å². The summed E-state index contributed by atoms with van der Waals surface area (Å²) in [7, 11) is -3.82. The van der Waals surface area contributed by atoms with Crippen molar-refractivity contribution in [3.8, 4) is 0 Å². The number of nitro groups is 1. The van der Waals surface area contributed by atoms with Crippen LogP contribution in [-0.4, -0.2) is 24.9 Å². The fourth-order valence-electron chi connectivity index (χ4n) is 1.83. The molecule has 0 aliphatic carbocycles. The van der Waals surface area contributed by atoms with E-state index in [0.29, 0.717) is 5.69 Å². The molecule has 0 fully saturated rings. The minimum atomic E-state index is -3.82. The number of nitrogens with zero attached hydrogens (tertiary/aromatic N) is 1. The SMILES string of the molecule is CC(C)[C@@H](C)Nc1ccc(S(=O)(=O)NC(C)(C)C)cc1[N+](=O)[O-]. The Labute approximate surface area is 137 Å². The monoisotopic (exact) mass is 343 g/mol. The second-order valence-corrected chi connectivity index (χ2v) is 8.65.